The van der Waals surface area contributed by atoms with Crippen molar-refractivity contribution < 1.29 is 10.2 Å². The normalized spacial score (nSPS) is 38.7. The Morgan fingerprint density at radius 2 is 1.75 bits per heavy atom. The molecule has 3 fully saturated rings. The summed E-state index contributed by atoms with van der Waals surface area (Å²) in [6.45, 7) is 9.79. The number of hydrogen-bond donors (Lipinski definition) is 2. The molecule has 0 saturated heterocycles. The largest absolute Gasteiger partial charge is 0.393 e. The quantitative estimate of drug-likeness (QED) is 0.551. The van der Waals surface area contributed by atoms with E-state index in [1.54, 1.807) is 5.57 Å². The fraction of sp³-hybridized carbons (Fsp3) is 0.846. The molecule has 2 nitrogen and oxygen atoms in total. The van der Waals surface area contributed by atoms with Crippen molar-refractivity contribution in [3.8, 4) is 0 Å². The minimum Gasteiger partial charge on any atom is -0.393 e. The van der Waals surface area contributed by atoms with Gasteiger partial charge in [0.05, 0.1) is 12.2 Å². The van der Waals surface area contributed by atoms with Crippen molar-refractivity contribution in [2.24, 2.45) is 29.1 Å². The molecule has 0 unspecified atom stereocenters. The van der Waals surface area contributed by atoms with E-state index in [9.17, 15) is 10.2 Å². The SMILES string of the molecule is CC(C)CCC[C@@H](C)[C@H]1CC[C@@H]2/C(=C/C=C3C[C@@H](O)C[C@H](O)C3)CCC[C@@]21C. The van der Waals surface area contributed by atoms with Gasteiger partial charge in [0.2, 0.25) is 0 Å². The molecule has 0 aromatic carbocycles. The van der Waals surface area contributed by atoms with Gasteiger partial charge in [-0.2, -0.15) is 0 Å². The summed E-state index contributed by atoms with van der Waals surface area (Å²) in [6, 6.07) is 0. The van der Waals surface area contributed by atoms with E-state index >= 15 is 0 Å². The highest BCUT2D eigenvalue weighted by molar-refractivity contribution is 5.26. The standard InChI is InChI=1S/C26H44O2/c1-18(2)7-5-8-19(3)24-12-13-25-21(9-6-14-26(24,25)4)11-10-20-15-22(27)17-23(28)16-20/h10-11,18-19,22-25,27-28H,5-9,12-17H2,1-4H3/b21-11+/t19-,22-,23-,24-,25-,26-/m1/s1. The Balaban J connectivity index is 1.67. The lowest BCUT2D eigenvalue weighted by molar-refractivity contribution is 0.0609. The van der Waals surface area contributed by atoms with Crippen LogP contribution < -0.4 is 0 Å². The average Bonchev–Trinajstić information content (AvgIpc) is 2.96. The number of rotatable bonds is 6. The second-order valence-electron chi connectivity index (χ2n) is 10.9. The van der Waals surface area contributed by atoms with Gasteiger partial charge in [-0.05, 0) is 80.5 Å². The third-order valence-electron chi connectivity index (χ3n) is 8.24. The van der Waals surface area contributed by atoms with Crippen molar-refractivity contribution in [3.63, 3.8) is 0 Å². The van der Waals surface area contributed by atoms with Crippen LogP contribution in [0.1, 0.15) is 98.3 Å². The molecule has 0 aromatic heterocycles. The van der Waals surface area contributed by atoms with Crippen LogP contribution in [-0.2, 0) is 0 Å². The molecule has 0 radical (unpaired) electrons. The third-order valence-corrected chi connectivity index (χ3v) is 8.24. The summed E-state index contributed by atoms with van der Waals surface area (Å²) in [4.78, 5) is 0. The number of allylic oxidation sites excluding steroid dienone is 3. The summed E-state index contributed by atoms with van der Waals surface area (Å²) in [5.41, 5.74) is 3.35. The molecule has 0 bridgehead atoms. The first-order valence-corrected chi connectivity index (χ1v) is 12.0. The van der Waals surface area contributed by atoms with E-state index in [-0.39, 0.29) is 12.2 Å². The number of aliphatic hydroxyl groups is 2. The Morgan fingerprint density at radius 3 is 2.43 bits per heavy atom. The molecule has 3 saturated carbocycles. The summed E-state index contributed by atoms with van der Waals surface area (Å²) in [7, 11) is 0. The monoisotopic (exact) mass is 388 g/mol. The molecule has 3 rings (SSSR count). The zero-order valence-electron chi connectivity index (χ0n) is 18.8. The molecule has 0 amide bonds. The predicted molar refractivity (Wildman–Crippen MR) is 118 cm³/mol. The van der Waals surface area contributed by atoms with E-state index in [0.29, 0.717) is 11.8 Å². The smallest absolute Gasteiger partial charge is 0.0602 e. The zero-order chi connectivity index (χ0) is 20.3. The van der Waals surface area contributed by atoms with Crippen molar-refractivity contribution >= 4 is 0 Å². The number of aliphatic hydroxyl groups excluding tert-OH is 2. The first-order valence-electron chi connectivity index (χ1n) is 12.0. The fourth-order valence-corrected chi connectivity index (χ4v) is 6.79. The van der Waals surface area contributed by atoms with Gasteiger partial charge in [-0.15, -0.1) is 0 Å². The van der Waals surface area contributed by atoms with Gasteiger partial charge in [-0.3, -0.25) is 0 Å². The zero-order valence-corrected chi connectivity index (χ0v) is 18.8. The van der Waals surface area contributed by atoms with E-state index in [1.807, 2.05) is 0 Å². The molecule has 0 spiro atoms. The van der Waals surface area contributed by atoms with E-state index in [0.717, 1.165) is 36.5 Å². The van der Waals surface area contributed by atoms with Crippen LogP contribution in [0.3, 0.4) is 0 Å². The van der Waals surface area contributed by atoms with Gasteiger partial charge in [0, 0.05) is 0 Å². The molecule has 2 N–H and O–H groups in total. The van der Waals surface area contributed by atoms with E-state index in [2.05, 4.69) is 39.8 Å². The van der Waals surface area contributed by atoms with Crippen molar-refractivity contribution in [2.75, 3.05) is 0 Å². The van der Waals surface area contributed by atoms with E-state index in [4.69, 9.17) is 0 Å². The number of hydrogen-bond acceptors (Lipinski definition) is 2. The summed E-state index contributed by atoms with van der Waals surface area (Å²) in [5.74, 6) is 3.29. The molecule has 3 aliphatic carbocycles. The summed E-state index contributed by atoms with van der Waals surface area (Å²) < 4.78 is 0. The lowest BCUT2D eigenvalue weighted by atomic mass is 9.60. The number of fused-ring (bicyclic) bond motifs is 1. The first-order chi connectivity index (χ1) is 13.3. The lowest BCUT2D eigenvalue weighted by Gasteiger charge is -2.44. The highest BCUT2D eigenvalue weighted by Crippen LogP contribution is 2.59. The van der Waals surface area contributed by atoms with Crippen LogP contribution in [0.5, 0.6) is 0 Å². The van der Waals surface area contributed by atoms with Crippen molar-refractivity contribution in [1.29, 1.82) is 0 Å². The minimum atomic E-state index is -0.368. The van der Waals surface area contributed by atoms with Gasteiger partial charge >= 0.3 is 0 Å². The van der Waals surface area contributed by atoms with Crippen LogP contribution >= 0.6 is 0 Å². The molecular weight excluding hydrogens is 344 g/mol. The maximum absolute atomic E-state index is 9.96. The fourth-order valence-electron chi connectivity index (χ4n) is 6.79. The summed E-state index contributed by atoms with van der Waals surface area (Å²) in [6.07, 6.45) is 16.7. The van der Waals surface area contributed by atoms with Gasteiger partial charge in [-0.1, -0.05) is 70.3 Å². The van der Waals surface area contributed by atoms with Gasteiger partial charge in [0.1, 0.15) is 0 Å². The highest BCUT2D eigenvalue weighted by Gasteiger charge is 2.50. The lowest BCUT2D eigenvalue weighted by Crippen LogP contribution is -2.36. The van der Waals surface area contributed by atoms with Crippen LogP contribution in [-0.4, -0.2) is 22.4 Å². The van der Waals surface area contributed by atoms with Crippen LogP contribution in [0.25, 0.3) is 0 Å². The third kappa shape index (κ3) is 5.11. The first kappa shape index (κ1) is 22.1. The maximum atomic E-state index is 9.96. The van der Waals surface area contributed by atoms with Gasteiger partial charge in [0.25, 0.3) is 0 Å². The van der Waals surface area contributed by atoms with Crippen LogP contribution in [0.2, 0.25) is 0 Å². The molecule has 0 heterocycles. The Bertz CT molecular complexity index is 563. The molecule has 3 aliphatic rings. The summed E-state index contributed by atoms with van der Waals surface area (Å²) >= 11 is 0. The van der Waals surface area contributed by atoms with E-state index < -0.39 is 0 Å². The van der Waals surface area contributed by atoms with E-state index in [1.165, 1.54) is 56.9 Å². The maximum Gasteiger partial charge on any atom is 0.0602 e. The Kier molecular flexibility index (Phi) is 7.48. The summed E-state index contributed by atoms with van der Waals surface area (Å²) in [5, 5.41) is 19.9. The molecule has 0 aromatic rings. The average molecular weight is 389 g/mol. The second-order valence-corrected chi connectivity index (χ2v) is 10.9. The minimum absolute atomic E-state index is 0.368. The Morgan fingerprint density at radius 1 is 1.04 bits per heavy atom. The van der Waals surface area contributed by atoms with Crippen LogP contribution in [0.15, 0.2) is 23.3 Å². The Labute approximate surface area is 173 Å². The topological polar surface area (TPSA) is 40.5 Å². The molecule has 2 heteroatoms. The van der Waals surface area contributed by atoms with Gasteiger partial charge in [-0.25, -0.2) is 0 Å². The van der Waals surface area contributed by atoms with Gasteiger partial charge < -0.3 is 10.2 Å². The van der Waals surface area contributed by atoms with Crippen LogP contribution in [0, 0.1) is 29.1 Å². The predicted octanol–water partition coefficient (Wildman–Crippen LogP) is 6.42. The highest BCUT2D eigenvalue weighted by atomic mass is 16.3. The molecule has 6 atom stereocenters. The van der Waals surface area contributed by atoms with Crippen molar-refractivity contribution in [1.82, 2.24) is 0 Å². The van der Waals surface area contributed by atoms with Gasteiger partial charge in [0.15, 0.2) is 0 Å². The Hall–Kier alpha value is -0.600. The van der Waals surface area contributed by atoms with Crippen LogP contribution in [0.4, 0.5) is 0 Å². The van der Waals surface area contributed by atoms with Crippen molar-refractivity contribution in [3.05, 3.63) is 23.3 Å². The second kappa shape index (κ2) is 9.47. The molecular formula is C26H44O2. The molecule has 160 valence electrons. The molecule has 0 aliphatic heterocycles. The van der Waals surface area contributed by atoms with Crippen molar-refractivity contribution in [2.45, 2.75) is 111 Å². The molecule has 28 heavy (non-hydrogen) atoms.